The molecule has 0 aliphatic rings. The lowest BCUT2D eigenvalue weighted by Gasteiger charge is -2.21. The van der Waals surface area contributed by atoms with E-state index in [9.17, 15) is 30.1 Å². The van der Waals surface area contributed by atoms with Gasteiger partial charge in [0.1, 0.15) is 11.4 Å². The highest BCUT2D eigenvalue weighted by Gasteiger charge is 2.21. The third-order valence-electron chi connectivity index (χ3n) is 6.49. The molecule has 9 N–H and O–H groups in total. The van der Waals surface area contributed by atoms with Crippen molar-refractivity contribution in [2.45, 2.75) is 0 Å². The molecule has 4 aromatic carbocycles. The van der Waals surface area contributed by atoms with E-state index in [0.717, 1.165) is 0 Å². The average molecular weight is 647 g/mol. The van der Waals surface area contributed by atoms with Crippen molar-refractivity contribution in [2.75, 3.05) is 36.1 Å². The molecule has 0 radical (unpaired) electrons. The van der Waals surface area contributed by atoms with Crippen LogP contribution in [0.5, 0.6) is 0 Å². The highest BCUT2D eigenvalue weighted by atomic mass is 35.5. The summed E-state index contributed by atoms with van der Waals surface area (Å²) in [6.45, 7) is -0.384. The number of nitrogens with one attached hydrogen (secondary N) is 1. The zero-order valence-electron chi connectivity index (χ0n) is 24.5. The van der Waals surface area contributed by atoms with Gasteiger partial charge in [-0.3, -0.25) is 19.7 Å². The van der Waals surface area contributed by atoms with Crippen LogP contribution in [-0.4, -0.2) is 58.7 Å². The second kappa shape index (κ2) is 16.3. The highest BCUT2D eigenvalue weighted by Crippen LogP contribution is 2.29. The molecule has 238 valence electrons. The Morgan fingerprint density at radius 2 is 1.52 bits per heavy atom. The molecule has 0 saturated carbocycles. The lowest BCUT2D eigenvalue weighted by Crippen LogP contribution is -2.33. The lowest BCUT2D eigenvalue weighted by atomic mass is 9.99. The van der Waals surface area contributed by atoms with Crippen molar-refractivity contribution >= 4 is 57.6 Å². The first-order chi connectivity index (χ1) is 22.1. The fraction of sp³-hybridized carbons (Fsp3) is 0.0968. The van der Waals surface area contributed by atoms with Gasteiger partial charge in [-0.1, -0.05) is 70.4 Å². The van der Waals surface area contributed by atoms with Gasteiger partial charge < -0.3 is 37.8 Å². The van der Waals surface area contributed by atoms with E-state index < -0.39 is 10.8 Å². The Morgan fingerprint density at radius 3 is 2.11 bits per heavy atom. The standard InChI is InChI=1S/C16H17ClN4O2.C15H14N4O4/c1-21(15(22)9-18)14-7-6-10(19)8-12(14)16(20-23)11-4-2-3-5-13(11)17;16-9-14(20)17-13-7-6-11(19(22)23)8-12(13)15(18-21)10-4-2-1-3-5-10/h2-8,23H,9,18-19H2,1H3;1-8,21H,9,16H2,(H,17,20). The molecule has 4 aromatic rings. The number of nitrogen functional groups attached to an aromatic ring is 1. The molecule has 0 heterocycles. The van der Waals surface area contributed by atoms with E-state index in [1.54, 1.807) is 79.8 Å². The van der Waals surface area contributed by atoms with Crippen LogP contribution in [0, 0.1) is 10.1 Å². The number of carbonyl (C=O) groups is 2. The number of benzene rings is 4. The minimum atomic E-state index is -0.571. The van der Waals surface area contributed by atoms with Crippen LogP contribution in [0.1, 0.15) is 22.3 Å². The smallest absolute Gasteiger partial charge is 0.270 e. The zero-order valence-corrected chi connectivity index (χ0v) is 25.3. The SMILES string of the molecule is CN(C(=O)CN)c1ccc(N)cc1C(=NO)c1ccccc1Cl.NCC(=O)Nc1ccc([N+](=O)[O-])cc1C(=NO)c1ccccc1. The summed E-state index contributed by atoms with van der Waals surface area (Å²) in [6, 6.07) is 24.3. The van der Waals surface area contributed by atoms with Gasteiger partial charge in [0.15, 0.2) is 0 Å². The van der Waals surface area contributed by atoms with E-state index in [1.807, 2.05) is 0 Å². The molecular formula is C31H31ClN8O6. The van der Waals surface area contributed by atoms with Crippen molar-refractivity contribution < 1.29 is 24.9 Å². The van der Waals surface area contributed by atoms with Crippen molar-refractivity contribution in [1.29, 1.82) is 0 Å². The second-order valence-electron chi connectivity index (χ2n) is 9.42. The number of nitro benzene ring substituents is 1. The Hall–Kier alpha value is -5.83. The van der Waals surface area contributed by atoms with Gasteiger partial charge >= 0.3 is 0 Å². The van der Waals surface area contributed by atoms with Gasteiger partial charge in [-0.25, -0.2) is 0 Å². The Kier molecular flexibility index (Phi) is 12.3. The maximum absolute atomic E-state index is 11.9. The largest absolute Gasteiger partial charge is 0.410 e. The fourth-order valence-corrected chi connectivity index (χ4v) is 4.45. The number of hydrogen-bond acceptors (Lipinski definition) is 11. The van der Waals surface area contributed by atoms with Crippen LogP contribution in [0.3, 0.4) is 0 Å². The molecule has 14 nitrogen and oxygen atoms in total. The van der Waals surface area contributed by atoms with E-state index >= 15 is 0 Å². The summed E-state index contributed by atoms with van der Waals surface area (Å²) in [5.74, 6) is -0.752. The minimum absolute atomic E-state index is 0.0987. The molecule has 0 aliphatic heterocycles. The second-order valence-corrected chi connectivity index (χ2v) is 9.82. The summed E-state index contributed by atoms with van der Waals surface area (Å²) in [5, 5.41) is 39.4. The Labute approximate surface area is 268 Å². The van der Waals surface area contributed by atoms with E-state index in [2.05, 4.69) is 15.6 Å². The number of non-ortho nitro benzene ring substituents is 1. The van der Waals surface area contributed by atoms with Crippen LogP contribution in [0.25, 0.3) is 0 Å². The number of oxime groups is 2. The molecule has 2 amide bonds. The van der Waals surface area contributed by atoms with Crippen LogP contribution < -0.4 is 27.4 Å². The third-order valence-corrected chi connectivity index (χ3v) is 6.82. The van der Waals surface area contributed by atoms with Gasteiger partial charge in [0, 0.05) is 47.1 Å². The molecule has 4 rings (SSSR count). The predicted octanol–water partition coefficient (Wildman–Crippen LogP) is 3.79. The first-order valence-electron chi connectivity index (χ1n) is 13.5. The first-order valence-corrected chi connectivity index (χ1v) is 13.8. The number of anilines is 3. The highest BCUT2D eigenvalue weighted by molar-refractivity contribution is 6.36. The summed E-state index contributed by atoms with van der Waals surface area (Å²) >= 11 is 6.19. The third kappa shape index (κ3) is 8.41. The van der Waals surface area contributed by atoms with Gasteiger partial charge in [0.2, 0.25) is 11.8 Å². The van der Waals surface area contributed by atoms with Crippen molar-refractivity contribution in [3.63, 3.8) is 0 Å². The van der Waals surface area contributed by atoms with Gasteiger partial charge in [-0.05, 0) is 30.3 Å². The zero-order chi connectivity index (χ0) is 33.8. The molecule has 0 atom stereocenters. The van der Waals surface area contributed by atoms with Crippen LogP contribution in [-0.2, 0) is 9.59 Å². The lowest BCUT2D eigenvalue weighted by molar-refractivity contribution is -0.384. The topological polar surface area (TPSA) is 236 Å². The number of nitrogens with two attached hydrogens (primary N) is 3. The Balaban J connectivity index is 0.000000250. The summed E-state index contributed by atoms with van der Waals surface area (Å²) in [4.78, 5) is 35.2. The van der Waals surface area contributed by atoms with E-state index in [0.29, 0.717) is 33.1 Å². The molecular weight excluding hydrogens is 616 g/mol. The van der Waals surface area contributed by atoms with Gasteiger partial charge in [0.05, 0.1) is 34.4 Å². The molecule has 0 spiro atoms. The molecule has 0 fully saturated rings. The molecule has 0 unspecified atom stereocenters. The average Bonchev–Trinajstić information content (AvgIpc) is 3.07. The quantitative estimate of drug-likeness (QED) is 0.0509. The normalized spacial score (nSPS) is 11.2. The minimum Gasteiger partial charge on any atom is -0.410 e. The van der Waals surface area contributed by atoms with E-state index in [4.69, 9.17) is 28.8 Å². The van der Waals surface area contributed by atoms with Crippen LogP contribution in [0.4, 0.5) is 22.7 Å². The summed E-state index contributed by atoms with van der Waals surface area (Å²) < 4.78 is 0. The van der Waals surface area contributed by atoms with Gasteiger partial charge in [-0.15, -0.1) is 0 Å². The number of nitrogens with zero attached hydrogens (tertiary/aromatic N) is 4. The van der Waals surface area contributed by atoms with Crippen molar-refractivity contribution in [1.82, 2.24) is 0 Å². The molecule has 0 aliphatic carbocycles. The number of carbonyl (C=O) groups excluding carboxylic acids is 2. The van der Waals surface area contributed by atoms with Gasteiger partial charge in [-0.2, -0.15) is 0 Å². The molecule has 15 heteroatoms. The Bertz CT molecular complexity index is 1780. The van der Waals surface area contributed by atoms with Crippen molar-refractivity contribution in [3.8, 4) is 0 Å². The van der Waals surface area contributed by atoms with Crippen LogP contribution in [0.2, 0.25) is 5.02 Å². The Morgan fingerprint density at radius 1 is 0.870 bits per heavy atom. The molecule has 46 heavy (non-hydrogen) atoms. The molecule has 0 aromatic heterocycles. The molecule has 0 bridgehead atoms. The summed E-state index contributed by atoms with van der Waals surface area (Å²) in [5.41, 5.74) is 19.7. The monoisotopic (exact) mass is 646 g/mol. The number of halogens is 1. The van der Waals surface area contributed by atoms with E-state index in [-0.39, 0.29) is 47.4 Å². The predicted molar refractivity (Wildman–Crippen MR) is 177 cm³/mol. The van der Waals surface area contributed by atoms with Crippen molar-refractivity contribution in [2.24, 2.45) is 21.8 Å². The van der Waals surface area contributed by atoms with Gasteiger partial charge in [0.25, 0.3) is 5.69 Å². The fourth-order valence-electron chi connectivity index (χ4n) is 4.23. The summed E-state index contributed by atoms with van der Waals surface area (Å²) in [6.07, 6.45) is 0. The number of nitro groups is 1. The molecule has 0 saturated heterocycles. The maximum Gasteiger partial charge on any atom is 0.270 e. The van der Waals surface area contributed by atoms with E-state index in [1.165, 1.54) is 23.1 Å². The van der Waals surface area contributed by atoms with Crippen LogP contribution >= 0.6 is 11.6 Å². The summed E-state index contributed by atoms with van der Waals surface area (Å²) in [7, 11) is 1.59. The first kappa shape index (κ1) is 34.7. The number of amides is 2. The number of hydrogen-bond donors (Lipinski definition) is 6. The van der Waals surface area contributed by atoms with Crippen LogP contribution in [0.15, 0.2) is 101 Å². The van der Waals surface area contributed by atoms with Crippen molar-refractivity contribution in [3.05, 3.63) is 128 Å². The number of likely N-dealkylation sites (N-methyl/N-ethyl adjacent to an activating group) is 1. The number of rotatable bonds is 9. The maximum atomic E-state index is 11.9.